The Balaban J connectivity index is 2.02. The van der Waals surface area contributed by atoms with Gasteiger partial charge in [0.25, 0.3) is 5.91 Å². The Bertz CT molecular complexity index is 568. The van der Waals surface area contributed by atoms with Crippen LogP contribution in [0.25, 0.3) is 0 Å². The molecule has 0 radical (unpaired) electrons. The summed E-state index contributed by atoms with van der Waals surface area (Å²) in [5, 5.41) is 2.84. The molecule has 0 heterocycles. The summed E-state index contributed by atoms with van der Waals surface area (Å²) >= 11 is 0. The fourth-order valence-electron chi connectivity index (χ4n) is 1.76. The van der Waals surface area contributed by atoms with Crippen molar-refractivity contribution in [3.8, 4) is 5.75 Å². The molecule has 98 valence electrons. The minimum Gasteiger partial charge on any atom is -0.495 e. The van der Waals surface area contributed by atoms with Crippen molar-refractivity contribution in [1.82, 2.24) is 5.32 Å². The average Bonchev–Trinajstić information content (AvgIpc) is 2.45. The van der Waals surface area contributed by atoms with E-state index in [9.17, 15) is 4.79 Å². The van der Waals surface area contributed by atoms with E-state index in [-0.39, 0.29) is 5.91 Å². The normalized spacial score (nSPS) is 9.95. The SMILES string of the molecule is COc1ccc(C(=O)NCc2ccccc2)cc1N. The third-order valence-electron chi connectivity index (χ3n) is 2.79. The number of carbonyl (C=O) groups excluding carboxylic acids is 1. The van der Waals surface area contributed by atoms with E-state index < -0.39 is 0 Å². The van der Waals surface area contributed by atoms with Gasteiger partial charge in [-0.2, -0.15) is 0 Å². The zero-order valence-electron chi connectivity index (χ0n) is 10.7. The molecule has 2 rings (SSSR count). The molecule has 0 unspecified atom stereocenters. The Labute approximate surface area is 112 Å². The number of nitrogen functional groups attached to an aromatic ring is 1. The number of hydrogen-bond donors (Lipinski definition) is 2. The highest BCUT2D eigenvalue weighted by molar-refractivity contribution is 5.95. The van der Waals surface area contributed by atoms with Gasteiger partial charge >= 0.3 is 0 Å². The molecule has 19 heavy (non-hydrogen) atoms. The van der Waals surface area contributed by atoms with Gasteiger partial charge in [0, 0.05) is 12.1 Å². The fourth-order valence-corrected chi connectivity index (χ4v) is 1.76. The van der Waals surface area contributed by atoms with E-state index in [0.29, 0.717) is 23.5 Å². The maximum atomic E-state index is 12.0. The number of ether oxygens (including phenoxy) is 1. The molecule has 2 aromatic rings. The van der Waals surface area contributed by atoms with Gasteiger partial charge in [-0.25, -0.2) is 0 Å². The molecule has 0 aliphatic heterocycles. The van der Waals surface area contributed by atoms with Gasteiger partial charge in [0.05, 0.1) is 12.8 Å². The maximum absolute atomic E-state index is 12.0. The van der Waals surface area contributed by atoms with E-state index in [0.717, 1.165) is 5.56 Å². The lowest BCUT2D eigenvalue weighted by Crippen LogP contribution is -2.22. The lowest BCUT2D eigenvalue weighted by Gasteiger charge is -2.08. The van der Waals surface area contributed by atoms with Crippen molar-refractivity contribution in [3.05, 3.63) is 59.7 Å². The summed E-state index contributed by atoms with van der Waals surface area (Å²) in [5.74, 6) is 0.415. The molecule has 0 atom stereocenters. The van der Waals surface area contributed by atoms with Gasteiger partial charge in [0.1, 0.15) is 5.75 Å². The lowest BCUT2D eigenvalue weighted by atomic mass is 10.1. The van der Waals surface area contributed by atoms with E-state index in [2.05, 4.69) is 5.32 Å². The monoisotopic (exact) mass is 256 g/mol. The van der Waals surface area contributed by atoms with Crippen LogP contribution in [-0.2, 0) is 6.54 Å². The topological polar surface area (TPSA) is 64.3 Å². The second kappa shape index (κ2) is 5.91. The number of anilines is 1. The van der Waals surface area contributed by atoms with Crippen LogP contribution < -0.4 is 15.8 Å². The number of nitrogens with one attached hydrogen (secondary N) is 1. The molecule has 4 nitrogen and oxygen atoms in total. The summed E-state index contributed by atoms with van der Waals surface area (Å²) in [7, 11) is 1.54. The largest absolute Gasteiger partial charge is 0.495 e. The third kappa shape index (κ3) is 3.25. The van der Waals surface area contributed by atoms with E-state index in [1.807, 2.05) is 30.3 Å². The highest BCUT2D eigenvalue weighted by Gasteiger charge is 2.08. The quantitative estimate of drug-likeness (QED) is 0.824. The van der Waals surface area contributed by atoms with E-state index in [1.54, 1.807) is 25.3 Å². The molecule has 0 fully saturated rings. The molecule has 0 aromatic heterocycles. The number of rotatable bonds is 4. The van der Waals surface area contributed by atoms with Crippen LogP contribution in [0.3, 0.4) is 0 Å². The molecular weight excluding hydrogens is 240 g/mol. The van der Waals surface area contributed by atoms with Crippen molar-refractivity contribution in [2.75, 3.05) is 12.8 Å². The van der Waals surface area contributed by atoms with Crippen molar-refractivity contribution in [2.45, 2.75) is 6.54 Å². The van der Waals surface area contributed by atoms with Crippen molar-refractivity contribution in [3.63, 3.8) is 0 Å². The molecule has 1 amide bonds. The molecule has 0 spiro atoms. The number of benzene rings is 2. The zero-order valence-corrected chi connectivity index (χ0v) is 10.7. The Morgan fingerprint density at radius 3 is 2.58 bits per heavy atom. The zero-order chi connectivity index (χ0) is 13.7. The van der Waals surface area contributed by atoms with Gasteiger partial charge in [0.15, 0.2) is 0 Å². The molecule has 4 heteroatoms. The predicted molar refractivity (Wildman–Crippen MR) is 75.0 cm³/mol. The van der Waals surface area contributed by atoms with Crippen molar-refractivity contribution in [1.29, 1.82) is 0 Å². The summed E-state index contributed by atoms with van der Waals surface area (Å²) in [6, 6.07) is 14.7. The number of carbonyl (C=O) groups is 1. The van der Waals surface area contributed by atoms with E-state index >= 15 is 0 Å². The van der Waals surface area contributed by atoms with Crippen LogP contribution in [0, 0.1) is 0 Å². The highest BCUT2D eigenvalue weighted by Crippen LogP contribution is 2.21. The summed E-state index contributed by atoms with van der Waals surface area (Å²) in [5.41, 5.74) is 7.80. The van der Waals surface area contributed by atoms with Crippen LogP contribution >= 0.6 is 0 Å². The lowest BCUT2D eigenvalue weighted by molar-refractivity contribution is 0.0951. The summed E-state index contributed by atoms with van der Waals surface area (Å²) in [4.78, 5) is 12.0. The molecule has 0 aliphatic carbocycles. The Hall–Kier alpha value is -2.49. The standard InChI is InChI=1S/C15H16N2O2/c1-19-14-8-7-12(9-13(14)16)15(18)17-10-11-5-3-2-4-6-11/h2-9H,10,16H2,1H3,(H,17,18). The first-order valence-electron chi connectivity index (χ1n) is 5.96. The fraction of sp³-hybridized carbons (Fsp3) is 0.133. The van der Waals surface area contributed by atoms with E-state index in [4.69, 9.17) is 10.5 Å². The van der Waals surface area contributed by atoms with Gasteiger partial charge < -0.3 is 15.8 Å². The van der Waals surface area contributed by atoms with Gasteiger partial charge in [0.2, 0.25) is 0 Å². The Kier molecular flexibility index (Phi) is 4.03. The maximum Gasteiger partial charge on any atom is 0.251 e. The minimum absolute atomic E-state index is 0.154. The van der Waals surface area contributed by atoms with Crippen LogP contribution in [0.1, 0.15) is 15.9 Å². The molecule has 0 aliphatic rings. The second-order valence-electron chi connectivity index (χ2n) is 4.13. The van der Waals surface area contributed by atoms with Crippen molar-refractivity contribution < 1.29 is 9.53 Å². The molecule has 3 N–H and O–H groups in total. The van der Waals surface area contributed by atoms with Gasteiger partial charge in [-0.3, -0.25) is 4.79 Å². The van der Waals surface area contributed by atoms with Crippen LogP contribution in [-0.4, -0.2) is 13.0 Å². The van der Waals surface area contributed by atoms with Crippen LogP contribution in [0.2, 0.25) is 0 Å². The molecule has 0 saturated heterocycles. The van der Waals surface area contributed by atoms with Gasteiger partial charge in [-0.1, -0.05) is 30.3 Å². The number of methoxy groups -OCH3 is 1. The average molecular weight is 256 g/mol. The first kappa shape index (κ1) is 13.0. The first-order chi connectivity index (χ1) is 9.20. The van der Waals surface area contributed by atoms with Crippen molar-refractivity contribution in [2.24, 2.45) is 0 Å². The summed E-state index contributed by atoms with van der Waals surface area (Å²) in [6.45, 7) is 0.492. The Morgan fingerprint density at radius 2 is 1.95 bits per heavy atom. The number of hydrogen-bond acceptors (Lipinski definition) is 3. The first-order valence-corrected chi connectivity index (χ1v) is 5.96. The second-order valence-corrected chi connectivity index (χ2v) is 4.13. The predicted octanol–water partition coefficient (Wildman–Crippen LogP) is 2.21. The molecule has 0 saturated carbocycles. The molecule has 2 aromatic carbocycles. The van der Waals surface area contributed by atoms with Gasteiger partial charge in [-0.15, -0.1) is 0 Å². The smallest absolute Gasteiger partial charge is 0.251 e. The van der Waals surface area contributed by atoms with Gasteiger partial charge in [-0.05, 0) is 23.8 Å². The highest BCUT2D eigenvalue weighted by atomic mass is 16.5. The minimum atomic E-state index is -0.154. The van der Waals surface area contributed by atoms with Crippen LogP contribution in [0.4, 0.5) is 5.69 Å². The van der Waals surface area contributed by atoms with Crippen LogP contribution in [0.5, 0.6) is 5.75 Å². The number of nitrogens with two attached hydrogens (primary N) is 1. The summed E-state index contributed by atoms with van der Waals surface area (Å²) < 4.78 is 5.05. The van der Waals surface area contributed by atoms with Crippen LogP contribution in [0.15, 0.2) is 48.5 Å². The molecule has 0 bridgehead atoms. The molecular formula is C15H16N2O2. The third-order valence-corrected chi connectivity index (χ3v) is 2.79. The number of amides is 1. The van der Waals surface area contributed by atoms with Crippen molar-refractivity contribution >= 4 is 11.6 Å². The van der Waals surface area contributed by atoms with E-state index in [1.165, 1.54) is 0 Å². The Morgan fingerprint density at radius 1 is 1.21 bits per heavy atom. The summed E-state index contributed by atoms with van der Waals surface area (Å²) in [6.07, 6.45) is 0.